The van der Waals surface area contributed by atoms with Crippen molar-refractivity contribution < 1.29 is 14.3 Å². The molecular formula is C18H18ClNO3. The first-order valence-corrected chi connectivity index (χ1v) is 7.51. The molecule has 1 amide bonds. The third kappa shape index (κ3) is 6.14. The Labute approximate surface area is 140 Å². The van der Waals surface area contributed by atoms with Crippen molar-refractivity contribution in [2.75, 3.05) is 25.6 Å². The van der Waals surface area contributed by atoms with Gasteiger partial charge in [-0.05, 0) is 48.0 Å². The molecule has 0 spiro atoms. The molecule has 2 aromatic carbocycles. The Kier molecular flexibility index (Phi) is 6.66. The molecule has 2 rings (SSSR count). The number of halogens is 1. The molecule has 0 aliphatic heterocycles. The number of amides is 1. The predicted octanol–water partition coefficient (Wildman–Crippen LogP) is 4.02. The minimum atomic E-state index is -0.201. The molecule has 0 saturated carbocycles. The molecule has 1 N–H and O–H groups in total. The fraction of sp³-hybridized carbons (Fsp3) is 0.167. The average Bonchev–Trinajstić information content (AvgIpc) is 2.56. The lowest BCUT2D eigenvalue weighted by Gasteiger charge is -2.07. The summed E-state index contributed by atoms with van der Waals surface area (Å²) in [7, 11) is 1.62. The molecular weight excluding hydrogens is 314 g/mol. The summed E-state index contributed by atoms with van der Waals surface area (Å²) in [4.78, 5) is 11.9. The summed E-state index contributed by atoms with van der Waals surface area (Å²) < 4.78 is 10.4. The summed E-state index contributed by atoms with van der Waals surface area (Å²) in [5.74, 6) is 0.532. The number of carbonyl (C=O) groups excluding carboxylic acids is 1. The van der Waals surface area contributed by atoms with E-state index < -0.39 is 0 Å². The van der Waals surface area contributed by atoms with Crippen LogP contribution in [0.5, 0.6) is 5.75 Å². The van der Waals surface area contributed by atoms with Crippen molar-refractivity contribution in [3.63, 3.8) is 0 Å². The molecule has 0 fully saturated rings. The zero-order valence-electron chi connectivity index (χ0n) is 12.8. The highest BCUT2D eigenvalue weighted by molar-refractivity contribution is 6.30. The molecule has 120 valence electrons. The van der Waals surface area contributed by atoms with Crippen molar-refractivity contribution in [3.05, 3.63) is 65.2 Å². The first kappa shape index (κ1) is 17.1. The van der Waals surface area contributed by atoms with E-state index in [1.54, 1.807) is 49.6 Å². The number of hydrogen-bond acceptors (Lipinski definition) is 3. The summed E-state index contributed by atoms with van der Waals surface area (Å²) in [6.07, 6.45) is 3.21. The van der Waals surface area contributed by atoms with Gasteiger partial charge in [-0.2, -0.15) is 0 Å². The molecule has 2 aromatic rings. The zero-order chi connectivity index (χ0) is 16.5. The maximum atomic E-state index is 11.9. The van der Waals surface area contributed by atoms with E-state index in [1.165, 1.54) is 6.08 Å². The van der Waals surface area contributed by atoms with E-state index in [-0.39, 0.29) is 5.91 Å². The Hall–Kier alpha value is -2.30. The van der Waals surface area contributed by atoms with Crippen LogP contribution in [-0.4, -0.2) is 26.2 Å². The van der Waals surface area contributed by atoms with Crippen LogP contribution in [-0.2, 0) is 9.53 Å². The van der Waals surface area contributed by atoms with Crippen LogP contribution in [0.15, 0.2) is 54.6 Å². The molecule has 23 heavy (non-hydrogen) atoms. The summed E-state index contributed by atoms with van der Waals surface area (Å²) in [6.45, 7) is 1.03. The molecule has 5 heteroatoms. The predicted molar refractivity (Wildman–Crippen MR) is 92.9 cm³/mol. The van der Waals surface area contributed by atoms with Gasteiger partial charge in [0.25, 0.3) is 0 Å². The Balaban J connectivity index is 1.86. The lowest BCUT2D eigenvalue weighted by molar-refractivity contribution is -0.111. The molecule has 0 bridgehead atoms. The summed E-state index contributed by atoms with van der Waals surface area (Å²) in [5, 5.41) is 3.45. The lowest BCUT2D eigenvalue weighted by Crippen LogP contribution is -2.08. The highest BCUT2D eigenvalue weighted by Crippen LogP contribution is 2.16. The van der Waals surface area contributed by atoms with Gasteiger partial charge in [-0.25, -0.2) is 0 Å². The van der Waals surface area contributed by atoms with Crippen LogP contribution < -0.4 is 10.1 Å². The van der Waals surface area contributed by atoms with E-state index in [2.05, 4.69) is 5.32 Å². The van der Waals surface area contributed by atoms with E-state index in [9.17, 15) is 4.79 Å². The molecule has 0 heterocycles. The van der Waals surface area contributed by atoms with E-state index >= 15 is 0 Å². The van der Waals surface area contributed by atoms with Crippen molar-refractivity contribution in [2.24, 2.45) is 0 Å². The van der Waals surface area contributed by atoms with Crippen molar-refractivity contribution in [3.8, 4) is 5.75 Å². The summed E-state index contributed by atoms with van der Waals surface area (Å²) >= 11 is 5.81. The highest BCUT2D eigenvalue weighted by atomic mass is 35.5. The maximum absolute atomic E-state index is 11.9. The molecule has 4 nitrogen and oxygen atoms in total. The monoisotopic (exact) mass is 331 g/mol. The smallest absolute Gasteiger partial charge is 0.248 e. The highest BCUT2D eigenvalue weighted by Gasteiger charge is 1.99. The van der Waals surface area contributed by atoms with Crippen LogP contribution in [0.2, 0.25) is 5.02 Å². The third-order valence-corrected chi connectivity index (χ3v) is 3.23. The number of hydrogen-bond donors (Lipinski definition) is 1. The van der Waals surface area contributed by atoms with Crippen LogP contribution in [0.3, 0.4) is 0 Å². The topological polar surface area (TPSA) is 47.6 Å². The quantitative estimate of drug-likeness (QED) is 0.616. The van der Waals surface area contributed by atoms with E-state index in [1.807, 2.05) is 12.1 Å². The van der Waals surface area contributed by atoms with Crippen LogP contribution in [0.1, 0.15) is 5.56 Å². The number of rotatable bonds is 7. The Bertz CT molecular complexity index is 651. The molecule has 0 unspecified atom stereocenters. The Morgan fingerprint density at radius 1 is 1.09 bits per heavy atom. The SMILES string of the molecule is COCCOc1ccc(NC(=O)/C=C/c2ccc(Cl)cc2)cc1. The number of carbonyl (C=O) groups is 1. The molecule has 0 aromatic heterocycles. The van der Waals surface area contributed by atoms with Crippen molar-refractivity contribution in [1.82, 2.24) is 0 Å². The van der Waals surface area contributed by atoms with Gasteiger partial charge in [0.05, 0.1) is 6.61 Å². The van der Waals surface area contributed by atoms with Gasteiger partial charge in [0.1, 0.15) is 12.4 Å². The van der Waals surface area contributed by atoms with Gasteiger partial charge in [-0.1, -0.05) is 23.7 Å². The Morgan fingerprint density at radius 3 is 2.43 bits per heavy atom. The van der Waals surface area contributed by atoms with Crippen LogP contribution in [0, 0.1) is 0 Å². The largest absolute Gasteiger partial charge is 0.491 e. The molecule has 0 aliphatic carbocycles. The minimum Gasteiger partial charge on any atom is -0.491 e. The number of methoxy groups -OCH3 is 1. The van der Waals surface area contributed by atoms with Crippen LogP contribution in [0.25, 0.3) is 6.08 Å². The van der Waals surface area contributed by atoms with E-state index in [0.717, 1.165) is 11.3 Å². The van der Waals surface area contributed by atoms with Gasteiger partial charge in [0.2, 0.25) is 5.91 Å². The fourth-order valence-corrected chi connectivity index (χ4v) is 1.93. The van der Waals surface area contributed by atoms with Crippen molar-refractivity contribution in [2.45, 2.75) is 0 Å². The second kappa shape index (κ2) is 8.98. The zero-order valence-corrected chi connectivity index (χ0v) is 13.5. The summed E-state index contributed by atoms with van der Waals surface area (Å²) in [5.41, 5.74) is 1.61. The summed E-state index contributed by atoms with van der Waals surface area (Å²) in [6, 6.07) is 14.4. The number of benzene rings is 2. The van der Waals surface area contributed by atoms with Crippen LogP contribution in [0.4, 0.5) is 5.69 Å². The van der Waals surface area contributed by atoms with Gasteiger partial charge in [0.15, 0.2) is 0 Å². The number of ether oxygens (including phenoxy) is 2. The fourth-order valence-electron chi connectivity index (χ4n) is 1.81. The first-order chi connectivity index (χ1) is 11.2. The first-order valence-electron chi connectivity index (χ1n) is 7.14. The number of nitrogens with one attached hydrogen (secondary N) is 1. The van der Waals surface area contributed by atoms with Gasteiger partial charge < -0.3 is 14.8 Å². The number of anilines is 1. The lowest BCUT2D eigenvalue weighted by atomic mass is 10.2. The average molecular weight is 332 g/mol. The van der Waals surface area contributed by atoms with Crippen LogP contribution >= 0.6 is 11.6 Å². The molecule has 0 radical (unpaired) electrons. The maximum Gasteiger partial charge on any atom is 0.248 e. The molecule has 0 aliphatic rings. The third-order valence-electron chi connectivity index (χ3n) is 2.98. The van der Waals surface area contributed by atoms with Crippen molar-refractivity contribution >= 4 is 29.3 Å². The van der Waals surface area contributed by atoms with E-state index in [0.29, 0.717) is 23.9 Å². The van der Waals surface area contributed by atoms with E-state index in [4.69, 9.17) is 21.1 Å². The molecule has 0 saturated heterocycles. The minimum absolute atomic E-state index is 0.201. The second-order valence-corrected chi connectivity index (χ2v) is 5.18. The van der Waals surface area contributed by atoms with Gasteiger partial charge in [-0.15, -0.1) is 0 Å². The Morgan fingerprint density at radius 2 is 1.78 bits per heavy atom. The van der Waals surface area contributed by atoms with Gasteiger partial charge in [-0.3, -0.25) is 4.79 Å². The molecule has 0 atom stereocenters. The second-order valence-electron chi connectivity index (χ2n) is 4.74. The normalized spacial score (nSPS) is 10.7. The van der Waals surface area contributed by atoms with Gasteiger partial charge in [0, 0.05) is 23.9 Å². The standard InChI is InChI=1S/C18H18ClNO3/c1-22-12-13-23-17-9-7-16(8-10-17)20-18(21)11-4-14-2-5-15(19)6-3-14/h2-11H,12-13H2,1H3,(H,20,21)/b11-4+. The van der Waals surface area contributed by atoms with Crippen molar-refractivity contribution in [1.29, 1.82) is 0 Å². The van der Waals surface area contributed by atoms with Gasteiger partial charge >= 0.3 is 0 Å².